The number of alkyl halides is 3. The Morgan fingerprint density at radius 1 is 1.15 bits per heavy atom. The number of benzene rings is 2. The Kier molecular flexibility index (Phi) is 8.56. The molecule has 0 saturated carbocycles. The molecule has 0 aliphatic heterocycles. The molecule has 1 amide bonds. The molecule has 0 spiro atoms. The van der Waals surface area contributed by atoms with Crippen LogP contribution < -0.4 is 10.1 Å². The minimum atomic E-state index is -4.51. The average molecular weight is 495 g/mol. The highest BCUT2D eigenvalue weighted by molar-refractivity contribution is 8.00. The molecule has 0 fully saturated rings. The molecular formula is C23H25F3N4O3S. The predicted molar refractivity (Wildman–Crippen MR) is 123 cm³/mol. The van der Waals surface area contributed by atoms with Crippen molar-refractivity contribution < 1.29 is 27.4 Å². The van der Waals surface area contributed by atoms with Crippen molar-refractivity contribution in [3.05, 3.63) is 54.1 Å². The molecule has 7 nitrogen and oxygen atoms in total. The Hall–Kier alpha value is -3.05. The maximum atomic E-state index is 13.4. The molecule has 0 saturated heterocycles. The fraction of sp³-hybridized carbons (Fsp3) is 0.348. The normalized spacial score (nSPS) is 12.4. The summed E-state index contributed by atoms with van der Waals surface area (Å²) in [6.07, 6.45) is -3.84. The first-order valence-electron chi connectivity index (χ1n) is 10.5. The Bertz CT molecular complexity index is 1100. The quantitative estimate of drug-likeness (QED) is 0.328. The Labute approximate surface area is 199 Å². The summed E-state index contributed by atoms with van der Waals surface area (Å²) in [5.41, 5.74) is 0.0781. The third-order valence-electron chi connectivity index (χ3n) is 4.89. The molecule has 0 aliphatic carbocycles. The molecule has 0 aliphatic rings. The number of thioether (sulfide) groups is 1. The van der Waals surface area contributed by atoms with Crippen molar-refractivity contribution in [3.63, 3.8) is 0 Å². The highest BCUT2D eigenvalue weighted by Crippen LogP contribution is 2.34. The van der Waals surface area contributed by atoms with E-state index < -0.39 is 17.0 Å². The van der Waals surface area contributed by atoms with Gasteiger partial charge in [0.25, 0.3) is 0 Å². The summed E-state index contributed by atoms with van der Waals surface area (Å²) in [7, 11) is 3.12. The van der Waals surface area contributed by atoms with Crippen molar-refractivity contribution in [2.24, 2.45) is 0 Å². The zero-order valence-corrected chi connectivity index (χ0v) is 19.7. The van der Waals surface area contributed by atoms with Crippen molar-refractivity contribution in [3.8, 4) is 22.8 Å². The fourth-order valence-corrected chi connectivity index (χ4v) is 4.00. The van der Waals surface area contributed by atoms with Crippen LogP contribution in [0.5, 0.6) is 5.75 Å². The lowest BCUT2D eigenvalue weighted by atomic mass is 10.1. The third-order valence-corrected chi connectivity index (χ3v) is 5.93. The molecule has 1 atom stereocenters. The number of carbonyl (C=O) groups is 1. The summed E-state index contributed by atoms with van der Waals surface area (Å²) in [5.74, 6) is 0.755. The maximum Gasteiger partial charge on any atom is 0.416 e. The minimum Gasteiger partial charge on any atom is -0.497 e. The van der Waals surface area contributed by atoms with E-state index in [0.29, 0.717) is 41.9 Å². The molecule has 34 heavy (non-hydrogen) atoms. The van der Waals surface area contributed by atoms with Crippen LogP contribution in [-0.2, 0) is 15.7 Å². The molecule has 2 aromatic carbocycles. The van der Waals surface area contributed by atoms with E-state index in [1.165, 1.54) is 17.7 Å². The molecule has 1 heterocycles. The van der Waals surface area contributed by atoms with Gasteiger partial charge in [-0.25, -0.2) is 0 Å². The molecule has 1 N–H and O–H groups in total. The molecular weight excluding hydrogens is 469 g/mol. The summed E-state index contributed by atoms with van der Waals surface area (Å²) in [5, 5.41) is 11.0. The summed E-state index contributed by atoms with van der Waals surface area (Å²) >= 11 is 1.11. The Morgan fingerprint density at radius 3 is 2.53 bits per heavy atom. The number of hydrogen-bond acceptors (Lipinski definition) is 6. The van der Waals surface area contributed by atoms with Gasteiger partial charge in [0.15, 0.2) is 11.0 Å². The van der Waals surface area contributed by atoms with Crippen LogP contribution in [0.15, 0.2) is 53.7 Å². The van der Waals surface area contributed by atoms with Crippen molar-refractivity contribution in [1.82, 2.24) is 20.1 Å². The van der Waals surface area contributed by atoms with Gasteiger partial charge < -0.3 is 14.8 Å². The van der Waals surface area contributed by atoms with E-state index in [-0.39, 0.29) is 11.6 Å². The molecule has 3 rings (SSSR count). The van der Waals surface area contributed by atoms with Gasteiger partial charge in [-0.2, -0.15) is 13.2 Å². The Morgan fingerprint density at radius 2 is 1.88 bits per heavy atom. The van der Waals surface area contributed by atoms with Gasteiger partial charge in [0, 0.05) is 25.8 Å². The van der Waals surface area contributed by atoms with Gasteiger partial charge in [-0.15, -0.1) is 10.2 Å². The van der Waals surface area contributed by atoms with Gasteiger partial charge in [0.2, 0.25) is 5.91 Å². The first-order valence-corrected chi connectivity index (χ1v) is 11.3. The van der Waals surface area contributed by atoms with Crippen LogP contribution in [0.25, 0.3) is 17.1 Å². The van der Waals surface area contributed by atoms with E-state index in [2.05, 4.69) is 15.5 Å². The van der Waals surface area contributed by atoms with E-state index in [0.717, 1.165) is 23.9 Å². The van der Waals surface area contributed by atoms with Crippen LogP contribution in [-0.4, -0.2) is 53.3 Å². The van der Waals surface area contributed by atoms with E-state index in [9.17, 15) is 18.0 Å². The van der Waals surface area contributed by atoms with Crippen LogP contribution in [0.3, 0.4) is 0 Å². The maximum absolute atomic E-state index is 13.4. The number of ether oxygens (including phenoxy) is 2. The second kappa shape index (κ2) is 11.4. The van der Waals surface area contributed by atoms with Crippen LogP contribution in [0.2, 0.25) is 0 Å². The number of methoxy groups -OCH3 is 2. The number of nitrogens with one attached hydrogen (secondary N) is 1. The Balaban J connectivity index is 1.97. The van der Waals surface area contributed by atoms with E-state index >= 15 is 0 Å². The molecule has 0 bridgehead atoms. The van der Waals surface area contributed by atoms with Gasteiger partial charge in [-0.3, -0.25) is 9.36 Å². The van der Waals surface area contributed by atoms with Gasteiger partial charge in [0.05, 0.1) is 23.6 Å². The van der Waals surface area contributed by atoms with Crippen LogP contribution in [0, 0.1) is 0 Å². The number of aromatic nitrogens is 3. The van der Waals surface area contributed by atoms with Gasteiger partial charge >= 0.3 is 6.18 Å². The van der Waals surface area contributed by atoms with Crippen molar-refractivity contribution >= 4 is 17.7 Å². The summed E-state index contributed by atoms with van der Waals surface area (Å²) < 4.78 is 51.8. The van der Waals surface area contributed by atoms with Crippen molar-refractivity contribution in [2.45, 2.75) is 29.9 Å². The van der Waals surface area contributed by atoms with Crippen LogP contribution in [0.1, 0.15) is 18.9 Å². The topological polar surface area (TPSA) is 78.3 Å². The summed E-state index contributed by atoms with van der Waals surface area (Å²) in [6, 6.07) is 11.9. The number of nitrogens with zero attached hydrogens (tertiary/aromatic N) is 3. The molecule has 182 valence electrons. The smallest absolute Gasteiger partial charge is 0.416 e. The number of halogens is 3. The highest BCUT2D eigenvalue weighted by Gasteiger charge is 2.31. The summed E-state index contributed by atoms with van der Waals surface area (Å²) in [6.45, 7) is 2.68. The second-order valence-electron chi connectivity index (χ2n) is 7.32. The molecule has 3 aromatic rings. The number of rotatable bonds is 10. The number of amides is 1. The fourth-order valence-electron chi connectivity index (χ4n) is 3.11. The lowest BCUT2D eigenvalue weighted by molar-refractivity contribution is -0.137. The highest BCUT2D eigenvalue weighted by atomic mass is 32.2. The van der Waals surface area contributed by atoms with Gasteiger partial charge in [-0.05, 0) is 55.8 Å². The van der Waals surface area contributed by atoms with E-state index in [1.807, 2.05) is 0 Å². The van der Waals surface area contributed by atoms with E-state index in [4.69, 9.17) is 9.47 Å². The molecule has 11 heteroatoms. The molecule has 0 radical (unpaired) electrons. The minimum absolute atomic E-state index is 0.217. The standard InChI is InChI=1S/C23H25F3N4O3S/c1-15(21(31)27-12-5-13-32-2)34-22-29-28-20(16-8-10-19(33-3)11-9-16)30(22)18-7-4-6-17(14-18)23(24,25)26/h4,6-11,14-15H,5,12-13H2,1-3H3,(H,27,31). The molecule has 1 unspecified atom stereocenters. The van der Waals surface area contributed by atoms with E-state index in [1.54, 1.807) is 44.4 Å². The SMILES string of the molecule is COCCCNC(=O)C(C)Sc1nnc(-c2ccc(OC)cc2)n1-c1cccc(C(F)(F)F)c1. The zero-order chi connectivity index (χ0) is 24.7. The van der Waals surface area contributed by atoms with Crippen LogP contribution in [0.4, 0.5) is 13.2 Å². The first-order chi connectivity index (χ1) is 16.2. The first kappa shape index (κ1) is 25.6. The van der Waals surface area contributed by atoms with Gasteiger partial charge in [-0.1, -0.05) is 17.8 Å². The average Bonchev–Trinajstić information content (AvgIpc) is 3.24. The van der Waals surface area contributed by atoms with Gasteiger partial charge in [0.1, 0.15) is 5.75 Å². The number of hydrogen-bond donors (Lipinski definition) is 1. The predicted octanol–water partition coefficient (Wildman–Crippen LogP) is 4.60. The monoisotopic (exact) mass is 494 g/mol. The number of carbonyl (C=O) groups excluding carboxylic acids is 1. The van der Waals surface area contributed by atoms with Crippen molar-refractivity contribution in [2.75, 3.05) is 27.4 Å². The van der Waals surface area contributed by atoms with Crippen LogP contribution >= 0.6 is 11.8 Å². The lowest BCUT2D eigenvalue weighted by Gasteiger charge is -2.15. The van der Waals surface area contributed by atoms with Crippen molar-refractivity contribution in [1.29, 1.82) is 0 Å². The largest absolute Gasteiger partial charge is 0.497 e. The zero-order valence-electron chi connectivity index (χ0n) is 18.9. The lowest BCUT2D eigenvalue weighted by Crippen LogP contribution is -2.32. The second-order valence-corrected chi connectivity index (χ2v) is 8.62. The molecule has 1 aromatic heterocycles. The summed E-state index contributed by atoms with van der Waals surface area (Å²) in [4.78, 5) is 12.5. The third kappa shape index (κ3) is 6.29.